The third-order valence-corrected chi connectivity index (χ3v) is 7.57. The summed E-state index contributed by atoms with van der Waals surface area (Å²) >= 11 is 0. The molecule has 1 aromatic heterocycles. The molecule has 4 atom stereocenters. The molecule has 1 heterocycles. The molecule has 0 bridgehead atoms. The summed E-state index contributed by atoms with van der Waals surface area (Å²) in [6, 6.07) is 19.5. The molecule has 4 unspecified atom stereocenters. The molecule has 2 aromatic carbocycles. The number of Topliss-reactive ketones (excluding diaryl/α,β-unsaturated/α-hetero) is 1. The Balaban J connectivity index is 1.29. The van der Waals surface area contributed by atoms with Crippen molar-refractivity contribution in [1.82, 2.24) is 15.0 Å². The standard InChI is InChI=1S/C27H29N7O/c35-24-21-16-8-10-17-9-7-15-20(22(17)21)23(24)33-34-27-31-25(28-18-11-3-1-4-12-18)30-26(32-27)29-19-13-5-2-6-14-19/h1-6,11-14,17,20-22H,7-10,15-16H2,(H3,28,29,30,31,32,34)/b33-23+. The average molecular weight is 468 g/mol. The second-order valence-electron chi connectivity index (χ2n) is 9.67. The minimum atomic E-state index is 0.142. The highest BCUT2D eigenvalue weighted by Crippen LogP contribution is 2.52. The molecule has 3 saturated carbocycles. The number of ketones is 1. The molecule has 0 spiro atoms. The van der Waals surface area contributed by atoms with Gasteiger partial charge in [0.25, 0.3) is 0 Å². The van der Waals surface area contributed by atoms with Crippen LogP contribution in [0.5, 0.6) is 0 Å². The highest BCUT2D eigenvalue weighted by atomic mass is 16.1. The number of hydrazone groups is 1. The van der Waals surface area contributed by atoms with Gasteiger partial charge in [-0.2, -0.15) is 20.1 Å². The van der Waals surface area contributed by atoms with Gasteiger partial charge in [-0.3, -0.25) is 4.79 Å². The number of rotatable bonds is 6. The van der Waals surface area contributed by atoms with E-state index in [1.807, 2.05) is 60.7 Å². The average Bonchev–Trinajstić information content (AvgIpc) is 3.16. The summed E-state index contributed by atoms with van der Waals surface area (Å²) in [5.74, 6) is 2.82. The first-order valence-corrected chi connectivity index (χ1v) is 12.5. The first kappa shape index (κ1) is 21.7. The maximum Gasteiger partial charge on any atom is 0.250 e. The molecule has 3 aromatic rings. The van der Waals surface area contributed by atoms with Crippen molar-refractivity contribution in [1.29, 1.82) is 0 Å². The third-order valence-electron chi connectivity index (χ3n) is 7.57. The fourth-order valence-corrected chi connectivity index (χ4v) is 6.14. The zero-order chi connectivity index (χ0) is 23.6. The number of nitrogens with zero attached hydrogens (tertiary/aromatic N) is 4. The smallest absolute Gasteiger partial charge is 0.250 e. The SMILES string of the molecule is O=C1/C(=N/Nc2nc(Nc3ccccc3)nc(Nc3ccccc3)n2)C2CCCC3CCCC1C32. The number of benzene rings is 2. The number of nitrogens with one attached hydrogen (secondary N) is 3. The van der Waals surface area contributed by atoms with E-state index in [1.165, 1.54) is 19.3 Å². The van der Waals surface area contributed by atoms with Crippen molar-refractivity contribution < 1.29 is 4.79 Å². The van der Waals surface area contributed by atoms with E-state index in [-0.39, 0.29) is 17.6 Å². The number of hydrogen-bond acceptors (Lipinski definition) is 8. The molecule has 0 amide bonds. The van der Waals surface area contributed by atoms with Crippen LogP contribution in [0.1, 0.15) is 38.5 Å². The summed E-state index contributed by atoms with van der Waals surface area (Å²) in [5.41, 5.74) is 5.42. The number of hydrogen-bond donors (Lipinski definition) is 3. The summed E-state index contributed by atoms with van der Waals surface area (Å²) < 4.78 is 0. The van der Waals surface area contributed by atoms with Crippen molar-refractivity contribution in [3.05, 3.63) is 60.7 Å². The van der Waals surface area contributed by atoms with Crippen molar-refractivity contribution in [2.75, 3.05) is 16.1 Å². The number of carbonyl (C=O) groups is 1. The predicted molar refractivity (Wildman–Crippen MR) is 137 cm³/mol. The summed E-state index contributed by atoms with van der Waals surface area (Å²) in [4.78, 5) is 26.8. The van der Waals surface area contributed by atoms with Gasteiger partial charge < -0.3 is 10.6 Å². The van der Waals surface area contributed by atoms with Crippen molar-refractivity contribution in [3.63, 3.8) is 0 Å². The molecule has 178 valence electrons. The zero-order valence-electron chi connectivity index (χ0n) is 19.5. The van der Waals surface area contributed by atoms with Crippen LogP contribution in [0.3, 0.4) is 0 Å². The maximum atomic E-state index is 13.3. The molecule has 0 saturated heterocycles. The van der Waals surface area contributed by atoms with E-state index in [1.54, 1.807) is 0 Å². The van der Waals surface area contributed by atoms with E-state index in [0.29, 0.717) is 35.4 Å². The second kappa shape index (κ2) is 9.44. The van der Waals surface area contributed by atoms with Crippen molar-refractivity contribution in [3.8, 4) is 0 Å². The number of anilines is 5. The van der Waals surface area contributed by atoms with Crippen LogP contribution in [0.4, 0.5) is 29.2 Å². The maximum absolute atomic E-state index is 13.3. The van der Waals surface area contributed by atoms with E-state index in [9.17, 15) is 4.79 Å². The molecule has 0 radical (unpaired) electrons. The van der Waals surface area contributed by atoms with Gasteiger partial charge in [0.05, 0.1) is 0 Å². The number of aromatic nitrogens is 3. The normalized spacial score (nSPS) is 26.3. The van der Waals surface area contributed by atoms with E-state index in [2.05, 4.69) is 36.1 Å². The van der Waals surface area contributed by atoms with Crippen molar-refractivity contribution in [2.45, 2.75) is 38.5 Å². The van der Waals surface area contributed by atoms with Crippen LogP contribution in [0.2, 0.25) is 0 Å². The molecule has 3 aliphatic carbocycles. The van der Waals surface area contributed by atoms with Crippen LogP contribution < -0.4 is 16.1 Å². The first-order valence-electron chi connectivity index (χ1n) is 12.5. The lowest BCUT2D eigenvalue weighted by atomic mass is 9.65. The van der Waals surface area contributed by atoms with E-state index in [0.717, 1.165) is 30.6 Å². The highest BCUT2D eigenvalue weighted by molar-refractivity contribution is 6.43. The van der Waals surface area contributed by atoms with Gasteiger partial charge in [-0.15, -0.1) is 0 Å². The fraction of sp³-hybridized carbons (Fsp3) is 0.370. The summed E-state index contributed by atoms with van der Waals surface area (Å²) in [6.07, 6.45) is 6.87. The largest absolute Gasteiger partial charge is 0.324 e. The van der Waals surface area contributed by atoms with Gasteiger partial charge in [0.2, 0.25) is 17.8 Å². The number of carbonyl (C=O) groups excluding carboxylic acids is 1. The predicted octanol–water partition coefficient (Wildman–Crippen LogP) is 5.54. The minimum absolute atomic E-state index is 0.142. The lowest BCUT2D eigenvalue weighted by Gasteiger charge is -2.39. The Hall–Kier alpha value is -3.81. The van der Waals surface area contributed by atoms with Crippen LogP contribution in [0.25, 0.3) is 0 Å². The van der Waals surface area contributed by atoms with Crippen LogP contribution in [-0.4, -0.2) is 26.4 Å². The molecule has 6 rings (SSSR count). The lowest BCUT2D eigenvalue weighted by Crippen LogP contribution is -2.33. The van der Waals surface area contributed by atoms with Crippen LogP contribution >= 0.6 is 0 Å². The lowest BCUT2D eigenvalue weighted by molar-refractivity contribution is -0.118. The fourth-order valence-electron chi connectivity index (χ4n) is 6.14. The monoisotopic (exact) mass is 467 g/mol. The Morgan fingerprint density at radius 3 is 1.83 bits per heavy atom. The summed E-state index contributed by atoms with van der Waals surface area (Å²) in [5, 5.41) is 11.1. The summed E-state index contributed by atoms with van der Waals surface area (Å²) in [6.45, 7) is 0. The molecular weight excluding hydrogens is 438 g/mol. The minimum Gasteiger partial charge on any atom is -0.324 e. The van der Waals surface area contributed by atoms with Gasteiger partial charge in [-0.1, -0.05) is 62.1 Å². The topological polar surface area (TPSA) is 104 Å². The van der Waals surface area contributed by atoms with E-state index < -0.39 is 0 Å². The number of para-hydroxylation sites is 2. The highest BCUT2D eigenvalue weighted by Gasteiger charge is 2.53. The molecule has 35 heavy (non-hydrogen) atoms. The third kappa shape index (κ3) is 4.48. The second-order valence-corrected chi connectivity index (χ2v) is 9.67. The van der Waals surface area contributed by atoms with Crippen LogP contribution in [0.15, 0.2) is 65.8 Å². The molecule has 3 N–H and O–H groups in total. The molecular formula is C27H29N7O. The van der Waals surface area contributed by atoms with Gasteiger partial charge in [-0.25, -0.2) is 5.43 Å². The molecule has 3 fully saturated rings. The van der Waals surface area contributed by atoms with Gasteiger partial charge in [-0.05, 0) is 48.9 Å². The van der Waals surface area contributed by atoms with Crippen molar-refractivity contribution in [2.24, 2.45) is 28.8 Å². The zero-order valence-corrected chi connectivity index (χ0v) is 19.5. The van der Waals surface area contributed by atoms with Gasteiger partial charge in [0, 0.05) is 23.2 Å². The summed E-state index contributed by atoms with van der Waals surface area (Å²) in [7, 11) is 0. The Morgan fingerprint density at radius 1 is 0.686 bits per heavy atom. The van der Waals surface area contributed by atoms with Crippen LogP contribution in [0, 0.1) is 23.7 Å². The molecule has 0 aliphatic heterocycles. The van der Waals surface area contributed by atoms with Gasteiger partial charge >= 0.3 is 0 Å². The van der Waals surface area contributed by atoms with E-state index >= 15 is 0 Å². The first-order chi connectivity index (χ1) is 17.2. The Kier molecular flexibility index (Phi) is 5.86. The molecule has 8 heteroatoms. The Bertz CT molecular complexity index is 1170. The Morgan fingerprint density at radius 2 is 1.23 bits per heavy atom. The molecule has 3 aliphatic rings. The molecule has 8 nitrogen and oxygen atoms in total. The van der Waals surface area contributed by atoms with Gasteiger partial charge in [0.15, 0.2) is 5.78 Å². The van der Waals surface area contributed by atoms with E-state index in [4.69, 9.17) is 0 Å². The Labute approximate surface area is 204 Å². The quantitative estimate of drug-likeness (QED) is 0.409. The van der Waals surface area contributed by atoms with Crippen molar-refractivity contribution >= 4 is 40.7 Å². The van der Waals surface area contributed by atoms with Crippen LogP contribution in [-0.2, 0) is 4.79 Å². The van der Waals surface area contributed by atoms with Gasteiger partial charge in [0.1, 0.15) is 5.71 Å².